The molecule has 3 heteroatoms. The van der Waals surface area contributed by atoms with E-state index < -0.39 is 0 Å². The van der Waals surface area contributed by atoms with Crippen molar-refractivity contribution in [3.05, 3.63) is 29.3 Å². The Morgan fingerprint density at radius 2 is 2.00 bits per heavy atom. The third kappa shape index (κ3) is 2.13. The Kier molecular flexibility index (Phi) is 3.05. The molecule has 3 rings (SSSR count). The van der Waals surface area contributed by atoms with E-state index in [4.69, 9.17) is 0 Å². The number of nitriles is 1. The van der Waals surface area contributed by atoms with Gasteiger partial charge in [-0.3, -0.25) is 0 Å². The normalized spacial score (nSPS) is 18.6. The molecule has 0 atom stereocenters. The van der Waals surface area contributed by atoms with E-state index >= 15 is 0 Å². The van der Waals surface area contributed by atoms with E-state index in [1.807, 2.05) is 12.1 Å². The molecule has 92 valence electrons. The smallest absolute Gasteiger partial charge is 0.0954 e. The molecule has 0 saturated heterocycles. The van der Waals surface area contributed by atoms with Gasteiger partial charge in [0.05, 0.1) is 26.7 Å². The summed E-state index contributed by atoms with van der Waals surface area (Å²) in [5.74, 6) is 0. The predicted octanol–water partition coefficient (Wildman–Crippen LogP) is 4.31. The van der Waals surface area contributed by atoms with Gasteiger partial charge in [0.1, 0.15) is 0 Å². The van der Waals surface area contributed by atoms with Crippen LogP contribution in [0.15, 0.2) is 24.3 Å². The third-order valence-electron chi connectivity index (χ3n) is 3.88. The zero-order valence-electron chi connectivity index (χ0n) is 10.4. The van der Waals surface area contributed by atoms with Crippen molar-refractivity contribution in [2.75, 3.05) is 0 Å². The van der Waals surface area contributed by atoms with Crippen molar-refractivity contribution in [3.8, 4) is 6.07 Å². The first-order valence-corrected chi connectivity index (χ1v) is 7.39. The summed E-state index contributed by atoms with van der Waals surface area (Å²) in [7, 11) is 0. The molecule has 1 saturated carbocycles. The highest BCUT2D eigenvalue weighted by Crippen LogP contribution is 2.39. The van der Waals surface area contributed by atoms with Crippen molar-refractivity contribution < 1.29 is 0 Å². The Bertz CT molecular complexity index is 555. The molecule has 2 nitrogen and oxygen atoms in total. The second-order valence-corrected chi connectivity index (χ2v) is 6.32. The van der Waals surface area contributed by atoms with Crippen LogP contribution in [-0.4, -0.2) is 4.98 Å². The second-order valence-electron chi connectivity index (χ2n) is 5.20. The summed E-state index contributed by atoms with van der Waals surface area (Å²) < 4.78 is 1.23. The SMILES string of the molecule is N#CC1(Cc2nc3ccccc3s2)CCCCC1. The summed E-state index contributed by atoms with van der Waals surface area (Å²) in [6.45, 7) is 0. The zero-order valence-corrected chi connectivity index (χ0v) is 11.2. The molecule has 1 aromatic carbocycles. The maximum atomic E-state index is 9.50. The van der Waals surface area contributed by atoms with Gasteiger partial charge in [0.25, 0.3) is 0 Å². The molecule has 0 bridgehead atoms. The molecule has 0 unspecified atom stereocenters. The van der Waals surface area contributed by atoms with E-state index in [9.17, 15) is 5.26 Å². The molecule has 1 aliphatic rings. The minimum atomic E-state index is -0.147. The first kappa shape index (κ1) is 11.7. The Balaban J connectivity index is 1.88. The average molecular weight is 256 g/mol. The zero-order chi connectivity index (χ0) is 12.4. The van der Waals surface area contributed by atoms with E-state index in [0.29, 0.717) is 0 Å². The van der Waals surface area contributed by atoms with Crippen molar-refractivity contribution in [1.82, 2.24) is 4.98 Å². The Hall–Kier alpha value is -1.40. The van der Waals surface area contributed by atoms with Gasteiger partial charge in [0, 0.05) is 6.42 Å². The van der Waals surface area contributed by atoms with Crippen molar-refractivity contribution in [2.24, 2.45) is 5.41 Å². The lowest BCUT2D eigenvalue weighted by atomic mass is 9.73. The summed E-state index contributed by atoms with van der Waals surface area (Å²) in [5.41, 5.74) is 0.924. The molecule has 1 aromatic heterocycles. The molecule has 18 heavy (non-hydrogen) atoms. The van der Waals surface area contributed by atoms with Crippen LogP contribution in [0.3, 0.4) is 0 Å². The van der Waals surface area contributed by atoms with E-state index in [2.05, 4.69) is 23.2 Å². The van der Waals surface area contributed by atoms with Crippen LogP contribution < -0.4 is 0 Å². The third-order valence-corrected chi connectivity index (χ3v) is 4.91. The Labute approximate surface area is 111 Å². The molecule has 0 radical (unpaired) electrons. The van der Waals surface area contributed by atoms with Crippen molar-refractivity contribution >= 4 is 21.6 Å². The van der Waals surface area contributed by atoms with Crippen molar-refractivity contribution in [1.29, 1.82) is 5.26 Å². The van der Waals surface area contributed by atoms with Crippen LogP contribution >= 0.6 is 11.3 Å². The maximum absolute atomic E-state index is 9.50. The molecule has 0 aliphatic heterocycles. The van der Waals surface area contributed by atoms with E-state index in [1.54, 1.807) is 11.3 Å². The van der Waals surface area contributed by atoms with Crippen LogP contribution in [0.1, 0.15) is 37.1 Å². The second kappa shape index (κ2) is 4.70. The fourth-order valence-corrected chi connectivity index (χ4v) is 3.95. The molecule has 1 fully saturated rings. The highest BCUT2D eigenvalue weighted by molar-refractivity contribution is 7.18. The van der Waals surface area contributed by atoms with Gasteiger partial charge in [0.15, 0.2) is 0 Å². The molecular formula is C15H16N2S. The molecule has 0 amide bonds. The fraction of sp³-hybridized carbons (Fsp3) is 0.467. The fourth-order valence-electron chi connectivity index (χ4n) is 2.84. The average Bonchev–Trinajstić information content (AvgIpc) is 2.81. The minimum Gasteiger partial charge on any atom is -0.241 e. The number of rotatable bonds is 2. The van der Waals surface area contributed by atoms with Crippen LogP contribution in [0.2, 0.25) is 0 Å². The van der Waals surface area contributed by atoms with Crippen LogP contribution in [-0.2, 0) is 6.42 Å². The Morgan fingerprint density at radius 3 is 2.72 bits per heavy atom. The molecule has 2 aromatic rings. The van der Waals surface area contributed by atoms with Crippen LogP contribution in [0.5, 0.6) is 0 Å². The van der Waals surface area contributed by atoms with Crippen LogP contribution in [0, 0.1) is 16.7 Å². The van der Waals surface area contributed by atoms with Gasteiger partial charge >= 0.3 is 0 Å². The highest BCUT2D eigenvalue weighted by Gasteiger charge is 2.33. The van der Waals surface area contributed by atoms with E-state index in [0.717, 1.165) is 29.8 Å². The number of thiazole rings is 1. The lowest BCUT2D eigenvalue weighted by Gasteiger charge is -2.29. The number of fused-ring (bicyclic) bond motifs is 1. The minimum absolute atomic E-state index is 0.147. The van der Waals surface area contributed by atoms with Crippen molar-refractivity contribution in [3.63, 3.8) is 0 Å². The number of nitrogens with zero attached hydrogens (tertiary/aromatic N) is 2. The first-order chi connectivity index (χ1) is 8.81. The molecule has 1 heterocycles. The standard InChI is InChI=1S/C15H16N2S/c16-11-15(8-4-1-5-9-15)10-14-17-12-6-2-3-7-13(12)18-14/h2-3,6-7H,1,4-5,8-10H2. The van der Waals surface area contributed by atoms with Crippen LogP contribution in [0.4, 0.5) is 0 Å². The topological polar surface area (TPSA) is 36.7 Å². The van der Waals surface area contributed by atoms with Gasteiger partial charge in [-0.2, -0.15) is 5.26 Å². The molecule has 0 spiro atoms. The summed E-state index contributed by atoms with van der Waals surface area (Å²) >= 11 is 1.74. The number of para-hydroxylation sites is 1. The summed E-state index contributed by atoms with van der Waals surface area (Å²) in [6.07, 6.45) is 6.59. The van der Waals surface area contributed by atoms with Gasteiger partial charge in [-0.25, -0.2) is 4.98 Å². The summed E-state index contributed by atoms with van der Waals surface area (Å²) in [4.78, 5) is 4.67. The largest absolute Gasteiger partial charge is 0.241 e. The van der Waals surface area contributed by atoms with Gasteiger partial charge in [0.2, 0.25) is 0 Å². The summed E-state index contributed by atoms with van der Waals surface area (Å²) in [6, 6.07) is 10.8. The maximum Gasteiger partial charge on any atom is 0.0954 e. The Morgan fingerprint density at radius 1 is 1.22 bits per heavy atom. The number of hydrogen-bond donors (Lipinski definition) is 0. The first-order valence-electron chi connectivity index (χ1n) is 6.57. The highest BCUT2D eigenvalue weighted by atomic mass is 32.1. The number of benzene rings is 1. The van der Waals surface area contributed by atoms with Gasteiger partial charge < -0.3 is 0 Å². The molecule has 0 N–H and O–H groups in total. The number of aromatic nitrogens is 1. The van der Waals surface area contributed by atoms with Crippen LogP contribution in [0.25, 0.3) is 10.2 Å². The monoisotopic (exact) mass is 256 g/mol. The van der Waals surface area contributed by atoms with Gasteiger partial charge in [-0.1, -0.05) is 31.4 Å². The molecular weight excluding hydrogens is 240 g/mol. The van der Waals surface area contributed by atoms with Gasteiger partial charge in [-0.15, -0.1) is 11.3 Å². The lowest BCUT2D eigenvalue weighted by Crippen LogP contribution is -2.24. The molecule has 1 aliphatic carbocycles. The van der Waals surface area contributed by atoms with Crippen molar-refractivity contribution in [2.45, 2.75) is 38.5 Å². The van der Waals surface area contributed by atoms with E-state index in [-0.39, 0.29) is 5.41 Å². The summed E-state index contributed by atoms with van der Waals surface area (Å²) in [5, 5.41) is 10.6. The lowest BCUT2D eigenvalue weighted by molar-refractivity contribution is 0.266. The predicted molar refractivity (Wildman–Crippen MR) is 74.5 cm³/mol. The van der Waals surface area contributed by atoms with E-state index in [1.165, 1.54) is 24.0 Å². The number of hydrogen-bond acceptors (Lipinski definition) is 3. The van der Waals surface area contributed by atoms with Gasteiger partial charge in [-0.05, 0) is 25.0 Å². The quantitative estimate of drug-likeness (QED) is 0.802.